The van der Waals surface area contributed by atoms with Crippen molar-refractivity contribution < 1.29 is 4.52 Å². The van der Waals surface area contributed by atoms with Gasteiger partial charge in [-0.1, -0.05) is 22.9 Å². The first-order valence-electron chi connectivity index (χ1n) is 7.05. The van der Waals surface area contributed by atoms with Crippen LogP contribution < -0.4 is 5.32 Å². The molecule has 5 nitrogen and oxygen atoms in total. The maximum Gasteiger partial charge on any atom is 0.258 e. The van der Waals surface area contributed by atoms with Crippen LogP contribution in [0.2, 0.25) is 0 Å². The van der Waals surface area contributed by atoms with E-state index in [2.05, 4.69) is 52.4 Å². The summed E-state index contributed by atoms with van der Waals surface area (Å²) in [6.07, 6.45) is 0. The topological polar surface area (TPSA) is 54.2 Å². The van der Waals surface area contributed by atoms with Crippen LogP contribution >= 0.6 is 0 Å². The Morgan fingerprint density at radius 3 is 2.85 bits per heavy atom. The van der Waals surface area contributed by atoms with Gasteiger partial charge in [-0.2, -0.15) is 4.98 Å². The summed E-state index contributed by atoms with van der Waals surface area (Å²) in [6.45, 7) is 9.02. The highest BCUT2D eigenvalue weighted by Gasteiger charge is 2.15. The Morgan fingerprint density at radius 2 is 2.05 bits per heavy atom. The molecule has 1 N–H and O–H groups in total. The first-order valence-corrected chi connectivity index (χ1v) is 7.05. The van der Waals surface area contributed by atoms with Crippen molar-refractivity contribution in [2.75, 3.05) is 26.2 Å². The van der Waals surface area contributed by atoms with Crippen LogP contribution in [0.1, 0.15) is 17.0 Å². The van der Waals surface area contributed by atoms with Crippen molar-refractivity contribution in [3.05, 3.63) is 35.2 Å². The lowest BCUT2D eigenvalue weighted by Crippen LogP contribution is -2.43. The minimum atomic E-state index is 0.622. The zero-order valence-corrected chi connectivity index (χ0v) is 12.0. The standard InChI is InChI=1S/C15H20N4O/c1-11-3-4-12(2)13(9-11)15-17-14(18-20-15)10-19-7-5-16-6-8-19/h3-4,9,16H,5-8,10H2,1-2H3. The fourth-order valence-electron chi connectivity index (χ4n) is 2.46. The molecule has 2 heterocycles. The number of aryl methyl sites for hydroxylation is 2. The second-order valence-corrected chi connectivity index (χ2v) is 5.36. The summed E-state index contributed by atoms with van der Waals surface area (Å²) in [7, 11) is 0. The molecular formula is C15H20N4O. The first kappa shape index (κ1) is 13.3. The van der Waals surface area contributed by atoms with Crippen molar-refractivity contribution in [2.45, 2.75) is 20.4 Å². The summed E-state index contributed by atoms with van der Waals surface area (Å²) in [6, 6.07) is 6.28. The summed E-state index contributed by atoms with van der Waals surface area (Å²) >= 11 is 0. The molecule has 3 rings (SSSR count). The molecule has 1 fully saturated rings. The van der Waals surface area contributed by atoms with E-state index in [9.17, 15) is 0 Å². The van der Waals surface area contributed by atoms with Gasteiger partial charge in [-0.05, 0) is 25.5 Å². The van der Waals surface area contributed by atoms with Gasteiger partial charge < -0.3 is 9.84 Å². The number of piperazine rings is 1. The Hall–Kier alpha value is -1.72. The molecule has 0 bridgehead atoms. The third-order valence-corrected chi connectivity index (χ3v) is 3.67. The predicted octanol–water partition coefficient (Wildman–Crippen LogP) is 1.76. The zero-order valence-electron chi connectivity index (χ0n) is 12.0. The highest BCUT2D eigenvalue weighted by molar-refractivity contribution is 5.59. The third-order valence-electron chi connectivity index (χ3n) is 3.67. The van der Waals surface area contributed by atoms with Crippen LogP contribution in [0.4, 0.5) is 0 Å². The Balaban J connectivity index is 1.77. The molecule has 0 radical (unpaired) electrons. The molecule has 0 atom stereocenters. The molecular weight excluding hydrogens is 252 g/mol. The van der Waals surface area contributed by atoms with E-state index in [0.29, 0.717) is 5.89 Å². The average molecular weight is 272 g/mol. The Labute approximate surface area is 119 Å². The number of nitrogens with one attached hydrogen (secondary N) is 1. The van der Waals surface area contributed by atoms with Gasteiger partial charge in [0, 0.05) is 31.7 Å². The van der Waals surface area contributed by atoms with E-state index < -0.39 is 0 Å². The van der Waals surface area contributed by atoms with Gasteiger partial charge in [0.05, 0.1) is 6.54 Å². The van der Waals surface area contributed by atoms with Crippen molar-refractivity contribution in [3.8, 4) is 11.5 Å². The lowest BCUT2D eigenvalue weighted by molar-refractivity contribution is 0.225. The largest absolute Gasteiger partial charge is 0.334 e. The fraction of sp³-hybridized carbons (Fsp3) is 0.467. The monoisotopic (exact) mass is 272 g/mol. The number of hydrogen-bond donors (Lipinski definition) is 1. The summed E-state index contributed by atoms with van der Waals surface area (Å²) in [5.41, 5.74) is 3.39. The van der Waals surface area contributed by atoms with Gasteiger partial charge in [0.15, 0.2) is 5.82 Å². The van der Waals surface area contributed by atoms with Crippen molar-refractivity contribution in [1.82, 2.24) is 20.4 Å². The molecule has 20 heavy (non-hydrogen) atoms. The van der Waals surface area contributed by atoms with E-state index in [1.165, 1.54) is 5.56 Å². The maximum absolute atomic E-state index is 5.42. The Bertz CT molecular complexity index is 587. The summed E-state index contributed by atoms with van der Waals surface area (Å²) < 4.78 is 5.42. The van der Waals surface area contributed by atoms with Gasteiger partial charge in [0.1, 0.15) is 0 Å². The second kappa shape index (κ2) is 5.73. The van der Waals surface area contributed by atoms with Gasteiger partial charge in [-0.15, -0.1) is 0 Å². The molecule has 1 aromatic carbocycles. The van der Waals surface area contributed by atoms with E-state index >= 15 is 0 Å². The number of nitrogens with zero attached hydrogens (tertiary/aromatic N) is 3. The van der Waals surface area contributed by atoms with Crippen LogP contribution in [0.5, 0.6) is 0 Å². The van der Waals surface area contributed by atoms with Gasteiger partial charge in [0.2, 0.25) is 0 Å². The zero-order chi connectivity index (χ0) is 13.9. The Morgan fingerprint density at radius 1 is 1.25 bits per heavy atom. The molecule has 0 saturated carbocycles. The fourth-order valence-corrected chi connectivity index (χ4v) is 2.46. The number of hydrogen-bond acceptors (Lipinski definition) is 5. The van der Waals surface area contributed by atoms with E-state index in [-0.39, 0.29) is 0 Å². The van der Waals surface area contributed by atoms with Crippen LogP contribution in [-0.4, -0.2) is 41.2 Å². The molecule has 106 valence electrons. The third kappa shape index (κ3) is 2.89. The quantitative estimate of drug-likeness (QED) is 0.922. The molecule has 5 heteroatoms. The van der Waals surface area contributed by atoms with Gasteiger partial charge >= 0.3 is 0 Å². The molecule has 1 aliphatic rings. The number of rotatable bonds is 3. The normalized spacial score (nSPS) is 16.5. The lowest BCUT2D eigenvalue weighted by atomic mass is 10.1. The van der Waals surface area contributed by atoms with Crippen LogP contribution in [-0.2, 0) is 6.54 Å². The highest BCUT2D eigenvalue weighted by Crippen LogP contribution is 2.23. The molecule has 0 spiro atoms. The predicted molar refractivity (Wildman–Crippen MR) is 77.4 cm³/mol. The minimum Gasteiger partial charge on any atom is -0.334 e. The van der Waals surface area contributed by atoms with E-state index in [4.69, 9.17) is 4.52 Å². The molecule has 2 aromatic rings. The van der Waals surface area contributed by atoms with E-state index in [0.717, 1.165) is 49.7 Å². The average Bonchev–Trinajstić information content (AvgIpc) is 2.91. The van der Waals surface area contributed by atoms with Gasteiger partial charge in [-0.25, -0.2) is 0 Å². The minimum absolute atomic E-state index is 0.622. The number of aromatic nitrogens is 2. The van der Waals surface area contributed by atoms with Crippen LogP contribution in [0, 0.1) is 13.8 Å². The highest BCUT2D eigenvalue weighted by atomic mass is 16.5. The second-order valence-electron chi connectivity index (χ2n) is 5.36. The van der Waals surface area contributed by atoms with Gasteiger partial charge in [-0.3, -0.25) is 4.90 Å². The smallest absolute Gasteiger partial charge is 0.258 e. The molecule has 1 saturated heterocycles. The van der Waals surface area contributed by atoms with Crippen molar-refractivity contribution in [2.24, 2.45) is 0 Å². The molecule has 1 aromatic heterocycles. The molecule has 0 unspecified atom stereocenters. The van der Waals surface area contributed by atoms with Crippen LogP contribution in [0.15, 0.2) is 22.7 Å². The Kier molecular flexibility index (Phi) is 3.80. The molecule has 0 amide bonds. The lowest BCUT2D eigenvalue weighted by Gasteiger charge is -2.25. The van der Waals surface area contributed by atoms with Crippen LogP contribution in [0.3, 0.4) is 0 Å². The van der Waals surface area contributed by atoms with Crippen LogP contribution in [0.25, 0.3) is 11.5 Å². The number of benzene rings is 1. The van der Waals surface area contributed by atoms with Crippen molar-refractivity contribution in [3.63, 3.8) is 0 Å². The maximum atomic E-state index is 5.42. The summed E-state index contributed by atoms with van der Waals surface area (Å²) in [4.78, 5) is 6.88. The van der Waals surface area contributed by atoms with Crippen molar-refractivity contribution >= 4 is 0 Å². The van der Waals surface area contributed by atoms with Crippen molar-refractivity contribution in [1.29, 1.82) is 0 Å². The molecule has 1 aliphatic heterocycles. The summed E-state index contributed by atoms with van der Waals surface area (Å²) in [5, 5.41) is 7.45. The SMILES string of the molecule is Cc1ccc(C)c(-c2nc(CN3CCNCC3)no2)c1. The van der Waals surface area contributed by atoms with E-state index in [1.54, 1.807) is 0 Å². The summed E-state index contributed by atoms with van der Waals surface area (Å²) in [5.74, 6) is 1.39. The molecule has 0 aliphatic carbocycles. The first-order chi connectivity index (χ1) is 9.72. The van der Waals surface area contributed by atoms with Gasteiger partial charge in [0.25, 0.3) is 5.89 Å². The van der Waals surface area contributed by atoms with E-state index in [1.807, 2.05) is 0 Å².